The first-order chi connectivity index (χ1) is 14.0. The number of nitrogens with zero attached hydrogens (tertiary/aromatic N) is 3. The van der Waals surface area contributed by atoms with E-state index in [-0.39, 0.29) is 46.3 Å². The molecule has 0 fully saturated rings. The number of aromatic nitrogens is 2. The number of aliphatic imine (C=N–C) groups is 1. The van der Waals surface area contributed by atoms with Crippen molar-refractivity contribution < 1.29 is 19.0 Å². The molecule has 0 aliphatic rings. The summed E-state index contributed by atoms with van der Waals surface area (Å²) in [5.74, 6) is -0.406. The fourth-order valence-corrected chi connectivity index (χ4v) is 2.74. The zero-order chi connectivity index (χ0) is 21.0. The minimum atomic E-state index is -0.673. The number of nitrogens with one attached hydrogen (secondary N) is 3. The van der Waals surface area contributed by atoms with Gasteiger partial charge in [0.2, 0.25) is 5.82 Å². The minimum Gasteiger partial charge on any atom is -0.491 e. The summed E-state index contributed by atoms with van der Waals surface area (Å²) in [7, 11) is 1.30. The van der Waals surface area contributed by atoms with Crippen molar-refractivity contribution in [3.05, 3.63) is 54.6 Å². The number of anilines is 2. The lowest BCUT2D eigenvalue weighted by atomic mass is 10.2. The van der Waals surface area contributed by atoms with Gasteiger partial charge in [-0.05, 0) is 44.4 Å². The number of hydrogen-bond acceptors (Lipinski definition) is 10. The number of methoxy groups -OCH3 is 1. The van der Waals surface area contributed by atoms with Gasteiger partial charge >= 0.3 is 0 Å². The van der Waals surface area contributed by atoms with E-state index >= 15 is 0 Å². The number of halogens is 2. The van der Waals surface area contributed by atoms with E-state index < -0.39 is 16.7 Å². The van der Waals surface area contributed by atoms with Crippen molar-refractivity contribution in [2.45, 2.75) is 0 Å². The van der Waals surface area contributed by atoms with E-state index in [9.17, 15) is 19.2 Å². The summed E-state index contributed by atoms with van der Waals surface area (Å²) in [6.07, 6.45) is 0. The van der Waals surface area contributed by atoms with E-state index in [1.807, 2.05) is 5.48 Å². The van der Waals surface area contributed by atoms with Crippen LogP contribution >= 0.6 is 15.9 Å². The lowest BCUT2D eigenvalue weighted by Gasteiger charge is -2.12. The summed E-state index contributed by atoms with van der Waals surface area (Å²) in [4.78, 5) is 26.9. The Morgan fingerprint density at radius 1 is 1.28 bits per heavy atom. The first kappa shape index (κ1) is 20.4. The molecule has 0 unspecified atom stereocenters. The van der Waals surface area contributed by atoms with Gasteiger partial charge in [0.1, 0.15) is 11.5 Å². The van der Waals surface area contributed by atoms with Crippen LogP contribution in [0.4, 0.5) is 21.6 Å². The van der Waals surface area contributed by atoms with E-state index in [2.05, 4.69) is 46.5 Å². The molecule has 0 saturated heterocycles. The Morgan fingerprint density at radius 2 is 2.03 bits per heavy atom. The van der Waals surface area contributed by atoms with Gasteiger partial charge in [0.05, 0.1) is 17.3 Å². The Morgan fingerprint density at radius 3 is 2.72 bits per heavy atom. The van der Waals surface area contributed by atoms with Gasteiger partial charge in [0.25, 0.3) is 10.9 Å². The van der Waals surface area contributed by atoms with Crippen LogP contribution in [-0.2, 0) is 0 Å². The van der Waals surface area contributed by atoms with Crippen LogP contribution in [0.3, 0.4) is 0 Å². The molecule has 1 aromatic heterocycles. The summed E-state index contributed by atoms with van der Waals surface area (Å²) >= 11 is 3.05. The first-order valence-electron chi connectivity index (χ1n) is 8.08. The highest BCUT2D eigenvalue weighted by Gasteiger charge is 2.21. The number of hydrogen-bond donors (Lipinski definition) is 4. The van der Waals surface area contributed by atoms with Crippen molar-refractivity contribution in [1.82, 2.24) is 15.8 Å². The van der Waals surface area contributed by atoms with Crippen molar-refractivity contribution in [3.63, 3.8) is 0 Å². The third kappa shape index (κ3) is 4.25. The summed E-state index contributed by atoms with van der Waals surface area (Å²) in [6.45, 7) is 0.501. The monoisotopic (exact) mass is 468 g/mol. The highest BCUT2D eigenvalue weighted by molar-refractivity contribution is 9.10. The maximum absolute atomic E-state index is 13.3. The fraction of sp³-hybridized carbons (Fsp3) is 0.188. The average molecular weight is 469 g/mol. The Bertz CT molecular complexity index is 1120. The van der Waals surface area contributed by atoms with Gasteiger partial charge < -0.3 is 15.4 Å². The molecular weight excluding hydrogens is 455 g/mol. The van der Waals surface area contributed by atoms with Crippen LogP contribution in [0.2, 0.25) is 0 Å². The Hall–Kier alpha value is -3.32. The van der Waals surface area contributed by atoms with Gasteiger partial charge in [-0.15, -0.1) is 0 Å². The van der Waals surface area contributed by atoms with Crippen LogP contribution in [-0.4, -0.2) is 41.6 Å². The maximum Gasteiger partial charge on any atom is 0.271 e. The van der Waals surface area contributed by atoms with Crippen LogP contribution in [0.25, 0.3) is 0 Å². The van der Waals surface area contributed by atoms with Crippen molar-refractivity contribution in [1.29, 1.82) is 0 Å². The van der Waals surface area contributed by atoms with Crippen LogP contribution < -0.4 is 31.7 Å². The van der Waals surface area contributed by atoms with Crippen molar-refractivity contribution in [2.75, 3.05) is 30.8 Å². The van der Waals surface area contributed by atoms with Crippen LogP contribution in [0.15, 0.2) is 41.9 Å². The van der Waals surface area contributed by atoms with Crippen LogP contribution in [0.1, 0.15) is 5.69 Å². The lowest BCUT2D eigenvalue weighted by Crippen LogP contribution is -2.36. The van der Waals surface area contributed by atoms with E-state index in [0.717, 1.165) is 0 Å². The molecule has 13 heteroatoms. The quantitative estimate of drug-likeness (QED) is 0.124. The molecule has 0 radical (unpaired) electrons. The normalized spacial score (nSPS) is 11.5. The van der Waals surface area contributed by atoms with Gasteiger partial charge in [-0.3, -0.25) is 20.3 Å². The number of amidine groups is 1. The van der Waals surface area contributed by atoms with E-state index in [4.69, 9.17) is 4.74 Å². The second kappa shape index (κ2) is 8.79. The largest absolute Gasteiger partial charge is 0.491 e. The number of benzene rings is 1. The van der Waals surface area contributed by atoms with Gasteiger partial charge in [0.15, 0.2) is 17.3 Å². The van der Waals surface area contributed by atoms with E-state index in [1.165, 1.54) is 25.3 Å². The third-order valence-corrected chi connectivity index (χ3v) is 4.36. The first-order valence-corrected chi connectivity index (χ1v) is 8.87. The molecule has 0 saturated carbocycles. The van der Waals surface area contributed by atoms with Gasteiger partial charge in [-0.2, -0.15) is 0 Å². The minimum absolute atomic E-state index is 0.0110. The van der Waals surface area contributed by atoms with Gasteiger partial charge in [0, 0.05) is 13.1 Å². The Labute approximate surface area is 170 Å². The number of hydroxylamine groups is 1. The SMILES string of the molecule is COc1c(NCCNc2nonc2C(=Nc2ccc(F)c(Br)c2)NO)c(=O)c1=O. The average Bonchev–Trinajstić information content (AvgIpc) is 3.18. The molecule has 3 aromatic rings. The molecule has 3 rings (SSSR count). The van der Waals surface area contributed by atoms with Crippen LogP contribution in [0, 0.1) is 5.82 Å². The predicted octanol–water partition coefficient (Wildman–Crippen LogP) is 1.16. The zero-order valence-corrected chi connectivity index (χ0v) is 16.4. The summed E-state index contributed by atoms with van der Waals surface area (Å²) in [5.41, 5.74) is 1.09. The van der Waals surface area contributed by atoms with Crippen molar-refractivity contribution >= 4 is 39.0 Å². The van der Waals surface area contributed by atoms with Crippen LogP contribution in [0.5, 0.6) is 5.75 Å². The number of ether oxygens (including phenoxy) is 1. The predicted molar refractivity (Wildman–Crippen MR) is 104 cm³/mol. The lowest BCUT2D eigenvalue weighted by molar-refractivity contribution is 0.234. The zero-order valence-electron chi connectivity index (χ0n) is 14.8. The molecule has 4 N–H and O–H groups in total. The Balaban J connectivity index is 1.67. The highest BCUT2D eigenvalue weighted by atomic mass is 79.9. The molecular formula is C16H14BrFN6O5. The molecule has 0 bridgehead atoms. The molecule has 29 heavy (non-hydrogen) atoms. The molecule has 0 aliphatic heterocycles. The Kier molecular flexibility index (Phi) is 6.19. The summed E-state index contributed by atoms with van der Waals surface area (Å²) in [5, 5.41) is 22.4. The molecule has 0 amide bonds. The van der Waals surface area contributed by atoms with Gasteiger partial charge in [-0.25, -0.2) is 14.0 Å². The summed E-state index contributed by atoms with van der Waals surface area (Å²) < 4.78 is 23.0. The van der Waals surface area contributed by atoms with E-state index in [0.29, 0.717) is 5.69 Å². The summed E-state index contributed by atoms with van der Waals surface area (Å²) in [6, 6.07) is 4.02. The van der Waals surface area contributed by atoms with Gasteiger partial charge in [-0.1, -0.05) is 0 Å². The molecule has 0 atom stereocenters. The fourth-order valence-electron chi connectivity index (χ4n) is 2.37. The highest BCUT2D eigenvalue weighted by Crippen LogP contribution is 2.23. The molecule has 1 heterocycles. The smallest absolute Gasteiger partial charge is 0.271 e. The molecule has 0 spiro atoms. The second-order valence-corrected chi connectivity index (χ2v) is 6.41. The standard InChI is InChI=1S/C16H14BrFN6O5/c1-28-14-10(12(25)13(14)26)19-4-5-20-15-11(23-29-24-15)16(22-27)21-7-2-3-9(18)8(17)6-7/h2-3,6,19,27H,4-5H2,1H3,(H,20,24)(H,21,22). The topological polar surface area (TPSA) is 151 Å². The van der Waals surface area contributed by atoms with Crippen molar-refractivity contribution in [2.24, 2.45) is 4.99 Å². The second-order valence-electron chi connectivity index (χ2n) is 5.55. The maximum atomic E-state index is 13.3. The molecule has 2 aromatic carbocycles. The molecule has 0 aliphatic carbocycles. The van der Waals surface area contributed by atoms with E-state index in [1.54, 1.807) is 0 Å². The molecule has 152 valence electrons. The third-order valence-electron chi connectivity index (χ3n) is 3.75. The molecule has 11 nitrogen and oxygen atoms in total. The van der Waals surface area contributed by atoms with Crippen molar-refractivity contribution in [3.8, 4) is 5.75 Å². The number of rotatable bonds is 8.